The Kier molecular flexibility index (Phi) is 2.62. The van der Waals surface area contributed by atoms with Crippen molar-refractivity contribution < 1.29 is 4.84 Å². The number of hydroxylamine groups is 2. The fourth-order valence-corrected chi connectivity index (χ4v) is 3.28. The molecule has 0 aromatic heterocycles. The quantitative estimate of drug-likeness (QED) is 0.622. The zero-order valence-electron chi connectivity index (χ0n) is 7.66. The number of fused-ring (bicyclic) bond motifs is 1. The number of hydrogen-bond donors (Lipinski definition) is 0. The molecule has 72 valence electrons. The zero-order valence-corrected chi connectivity index (χ0v) is 9.29. The van der Waals surface area contributed by atoms with Crippen molar-refractivity contribution in [3.8, 4) is 0 Å². The minimum Gasteiger partial charge on any atom is -0.271 e. The third kappa shape index (κ3) is 1.41. The molecule has 2 unspecified atom stereocenters. The van der Waals surface area contributed by atoms with E-state index in [0.29, 0.717) is 11.8 Å². The maximum atomic E-state index is 5.33. The molecule has 2 atom stereocenters. The van der Waals surface area contributed by atoms with E-state index in [4.69, 9.17) is 29.3 Å². The van der Waals surface area contributed by atoms with E-state index in [1.807, 2.05) is 0 Å². The Bertz CT molecular complexity index is 230. The van der Waals surface area contributed by atoms with E-state index in [2.05, 4.69) is 0 Å². The van der Waals surface area contributed by atoms with Gasteiger partial charge in [-0.05, 0) is 12.8 Å². The van der Waals surface area contributed by atoms with Crippen LogP contribution in [-0.4, -0.2) is 22.2 Å². The summed E-state index contributed by atoms with van der Waals surface area (Å²) in [6.45, 7) is 0. The van der Waals surface area contributed by atoms with E-state index in [1.165, 1.54) is 25.7 Å². The second kappa shape index (κ2) is 3.59. The molecule has 1 heterocycles. The van der Waals surface area contributed by atoms with Gasteiger partial charge < -0.3 is 0 Å². The minimum absolute atomic E-state index is 0.483. The van der Waals surface area contributed by atoms with Gasteiger partial charge in [0.25, 0.3) is 0 Å². The van der Waals surface area contributed by atoms with Crippen LogP contribution in [0.5, 0.6) is 0 Å². The third-order valence-electron chi connectivity index (χ3n) is 2.98. The Morgan fingerprint density at radius 2 is 1.62 bits per heavy atom. The smallest absolute Gasteiger partial charge is 0.114 e. The van der Waals surface area contributed by atoms with Crippen LogP contribution < -0.4 is 0 Å². The van der Waals surface area contributed by atoms with Crippen LogP contribution >= 0.6 is 24.4 Å². The van der Waals surface area contributed by atoms with Crippen LogP contribution in [0.4, 0.5) is 0 Å². The molecule has 2 fully saturated rings. The highest BCUT2D eigenvalue weighted by Crippen LogP contribution is 2.39. The summed E-state index contributed by atoms with van der Waals surface area (Å²) in [6, 6.07) is 0. The molecule has 0 radical (unpaired) electrons. The maximum absolute atomic E-state index is 5.33. The van der Waals surface area contributed by atoms with Crippen LogP contribution in [0, 0.1) is 11.8 Å². The summed E-state index contributed by atoms with van der Waals surface area (Å²) in [5.41, 5.74) is 0. The molecule has 1 aliphatic carbocycles. The van der Waals surface area contributed by atoms with Crippen molar-refractivity contribution in [3.63, 3.8) is 0 Å². The zero-order chi connectivity index (χ0) is 9.42. The average molecular weight is 215 g/mol. The fraction of sp³-hybridized carbons (Fsp3) is 0.778. The molecule has 0 amide bonds. The molecule has 13 heavy (non-hydrogen) atoms. The first-order valence-electron chi connectivity index (χ1n) is 4.67. The van der Waals surface area contributed by atoms with Gasteiger partial charge in [0.05, 0.1) is 7.11 Å². The Hall–Kier alpha value is -0.0600. The summed E-state index contributed by atoms with van der Waals surface area (Å²) >= 11 is 10.7. The second-order valence-electron chi connectivity index (χ2n) is 3.65. The highest BCUT2D eigenvalue weighted by atomic mass is 32.1. The lowest BCUT2D eigenvalue weighted by molar-refractivity contribution is 0.00640. The first-order valence-corrected chi connectivity index (χ1v) is 5.49. The lowest BCUT2D eigenvalue weighted by Crippen LogP contribution is -2.27. The van der Waals surface area contributed by atoms with Gasteiger partial charge in [0, 0.05) is 11.8 Å². The molecule has 1 aliphatic heterocycles. The topological polar surface area (TPSA) is 12.5 Å². The van der Waals surface area contributed by atoms with Crippen LogP contribution in [0.25, 0.3) is 0 Å². The molecule has 0 aromatic rings. The molecule has 0 spiro atoms. The van der Waals surface area contributed by atoms with Crippen LogP contribution in [0.3, 0.4) is 0 Å². The number of rotatable bonds is 1. The standard InChI is InChI=1S/C9H13NOS2/c1-11-10-8(12)6-4-2-3-5-7(6)9(10)13/h6-7H,2-5H2,1H3. The fourth-order valence-electron chi connectivity index (χ4n) is 2.31. The van der Waals surface area contributed by atoms with Crippen LogP contribution in [0.2, 0.25) is 0 Å². The van der Waals surface area contributed by atoms with E-state index in [1.54, 1.807) is 12.2 Å². The monoisotopic (exact) mass is 215 g/mol. The number of hydrogen-bond acceptors (Lipinski definition) is 3. The number of nitrogens with zero attached hydrogens (tertiary/aromatic N) is 1. The van der Waals surface area contributed by atoms with Crippen molar-refractivity contribution >= 4 is 34.4 Å². The SMILES string of the molecule is CON1C(=S)C2CCCCC2C1=S. The molecular formula is C9H13NOS2. The Labute approximate surface area is 89.2 Å². The molecular weight excluding hydrogens is 202 g/mol. The largest absolute Gasteiger partial charge is 0.271 e. The molecule has 2 rings (SSSR count). The molecule has 0 N–H and O–H groups in total. The first kappa shape index (κ1) is 9.49. The van der Waals surface area contributed by atoms with Gasteiger partial charge in [-0.2, -0.15) is 0 Å². The predicted molar refractivity (Wildman–Crippen MR) is 59.5 cm³/mol. The van der Waals surface area contributed by atoms with Gasteiger partial charge in [0.2, 0.25) is 0 Å². The summed E-state index contributed by atoms with van der Waals surface area (Å²) in [7, 11) is 1.63. The number of thiocarbonyl (C=S) groups is 2. The van der Waals surface area contributed by atoms with Crippen molar-refractivity contribution in [1.29, 1.82) is 0 Å². The van der Waals surface area contributed by atoms with E-state index in [0.717, 1.165) is 9.98 Å². The summed E-state index contributed by atoms with van der Waals surface area (Å²) in [5, 5.41) is 1.67. The lowest BCUT2D eigenvalue weighted by Gasteiger charge is -2.22. The molecule has 1 saturated carbocycles. The first-order chi connectivity index (χ1) is 6.25. The normalized spacial score (nSPS) is 33.8. The molecule has 0 bridgehead atoms. The third-order valence-corrected chi connectivity index (χ3v) is 3.92. The summed E-state index contributed by atoms with van der Waals surface area (Å²) in [4.78, 5) is 6.98. The summed E-state index contributed by atoms with van der Waals surface area (Å²) in [5.74, 6) is 0.965. The highest BCUT2D eigenvalue weighted by Gasteiger charge is 2.43. The minimum atomic E-state index is 0.483. The van der Waals surface area contributed by atoms with Crippen LogP contribution in [0.1, 0.15) is 25.7 Å². The highest BCUT2D eigenvalue weighted by molar-refractivity contribution is 7.82. The van der Waals surface area contributed by atoms with E-state index in [9.17, 15) is 0 Å². The van der Waals surface area contributed by atoms with E-state index < -0.39 is 0 Å². The van der Waals surface area contributed by atoms with Crippen molar-refractivity contribution in [2.75, 3.05) is 7.11 Å². The van der Waals surface area contributed by atoms with Gasteiger partial charge in [0.1, 0.15) is 9.98 Å². The average Bonchev–Trinajstić information content (AvgIpc) is 2.41. The van der Waals surface area contributed by atoms with Crippen molar-refractivity contribution in [3.05, 3.63) is 0 Å². The van der Waals surface area contributed by atoms with Gasteiger partial charge in [0.15, 0.2) is 0 Å². The van der Waals surface area contributed by atoms with Crippen molar-refractivity contribution in [2.45, 2.75) is 25.7 Å². The molecule has 2 nitrogen and oxygen atoms in total. The van der Waals surface area contributed by atoms with E-state index >= 15 is 0 Å². The van der Waals surface area contributed by atoms with Crippen molar-refractivity contribution in [2.24, 2.45) is 11.8 Å². The van der Waals surface area contributed by atoms with Gasteiger partial charge >= 0.3 is 0 Å². The Morgan fingerprint density at radius 1 is 1.15 bits per heavy atom. The predicted octanol–water partition coefficient (Wildman–Crippen LogP) is 2.32. The molecule has 2 aliphatic rings. The van der Waals surface area contributed by atoms with Gasteiger partial charge in [-0.15, -0.1) is 0 Å². The Balaban J connectivity index is 2.22. The maximum Gasteiger partial charge on any atom is 0.114 e. The molecule has 1 saturated heterocycles. The van der Waals surface area contributed by atoms with Crippen LogP contribution in [0.15, 0.2) is 0 Å². The van der Waals surface area contributed by atoms with E-state index in [-0.39, 0.29) is 0 Å². The lowest BCUT2D eigenvalue weighted by atomic mass is 9.82. The van der Waals surface area contributed by atoms with Gasteiger partial charge in [-0.3, -0.25) is 4.84 Å². The summed E-state index contributed by atoms with van der Waals surface area (Å²) < 4.78 is 0. The van der Waals surface area contributed by atoms with Gasteiger partial charge in [-0.1, -0.05) is 37.3 Å². The summed E-state index contributed by atoms with van der Waals surface area (Å²) in [6.07, 6.45) is 4.93. The van der Waals surface area contributed by atoms with Crippen LogP contribution in [-0.2, 0) is 4.84 Å². The Morgan fingerprint density at radius 3 is 2.00 bits per heavy atom. The molecule has 4 heteroatoms. The molecule has 0 aromatic carbocycles. The van der Waals surface area contributed by atoms with Gasteiger partial charge in [-0.25, -0.2) is 5.06 Å². The van der Waals surface area contributed by atoms with Crippen molar-refractivity contribution in [1.82, 2.24) is 5.06 Å². The second-order valence-corrected chi connectivity index (χ2v) is 4.49.